The van der Waals surface area contributed by atoms with Gasteiger partial charge < -0.3 is 34.6 Å². The monoisotopic (exact) mass is 644 g/mol. The van der Waals surface area contributed by atoms with Gasteiger partial charge in [0.05, 0.1) is 11.9 Å². The van der Waals surface area contributed by atoms with Gasteiger partial charge in [0, 0.05) is 54.1 Å². The molecule has 1 atom stereocenters. The number of benzene rings is 2. The number of carboxylic acid groups (broad SMARTS) is 1. The predicted octanol–water partition coefficient (Wildman–Crippen LogP) is 6.14. The summed E-state index contributed by atoms with van der Waals surface area (Å²) >= 11 is 0. The Labute approximate surface area is 269 Å². The summed E-state index contributed by atoms with van der Waals surface area (Å²) in [7, 11) is 1.41. The molecule has 2 aromatic heterocycles. The number of aromatic nitrogens is 2. The lowest BCUT2D eigenvalue weighted by Crippen LogP contribution is -2.51. The molecule has 0 aliphatic heterocycles. The molecule has 0 radical (unpaired) electrons. The van der Waals surface area contributed by atoms with Crippen molar-refractivity contribution in [1.29, 1.82) is 5.26 Å². The second kappa shape index (κ2) is 14.5. The number of ether oxygens (including phenoxy) is 2. The second-order valence-corrected chi connectivity index (χ2v) is 11.4. The number of amides is 3. The molecule has 14 heteroatoms. The van der Waals surface area contributed by atoms with E-state index in [1.807, 2.05) is 0 Å². The molecule has 47 heavy (non-hydrogen) atoms. The van der Waals surface area contributed by atoms with Crippen LogP contribution in [0, 0.1) is 17.1 Å². The SMILES string of the molecule is COCOc1cc(F)ccc1-c1cc(-c2cccc(NC(=O)C[C@H](C)N(C(=O)O)C(C)(C)C)c2)c(C#N)c(NC(=O)c2ccno2)n1. The highest BCUT2D eigenvalue weighted by Crippen LogP contribution is 2.37. The van der Waals surface area contributed by atoms with Gasteiger partial charge in [0.1, 0.15) is 23.2 Å². The topological polar surface area (TPSA) is 180 Å². The van der Waals surface area contributed by atoms with Crippen LogP contribution in [0.1, 0.15) is 50.2 Å². The van der Waals surface area contributed by atoms with E-state index in [4.69, 9.17) is 14.0 Å². The standard InChI is InChI=1S/C33H33FN6O7/c1-19(40(32(43)44)33(2,3)4)13-29(41)37-22-8-6-7-20(14-22)24-16-26(23-10-9-21(34)15-28(23)46-18-45-5)38-30(25(24)17-35)39-31(42)27-11-12-36-47-27/h6-12,14-16,19H,13,18H2,1-5H3,(H,37,41)(H,43,44)(H,38,39,42)/t19-/m0/s1. The van der Waals surface area contributed by atoms with Crippen molar-refractivity contribution in [3.63, 3.8) is 0 Å². The van der Waals surface area contributed by atoms with Gasteiger partial charge in [0.2, 0.25) is 11.7 Å². The molecule has 3 N–H and O–H groups in total. The fourth-order valence-corrected chi connectivity index (χ4v) is 5.04. The summed E-state index contributed by atoms with van der Waals surface area (Å²) in [4.78, 5) is 43.6. The average Bonchev–Trinajstić information content (AvgIpc) is 3.54. The van der Waals surface area contributed by atoms with Crippen molar-refractivity contribution < 1.29 is 37.9 Å². The number of carbonyl (C=O) groups excluding carboxylic acids is 2. The third-order valence-electron chi connectivity index (χ3n) is 6.88. The van der Waals surface area contributed by atoms with Gasteiger partial charge in [0.15, 0.2) is 12.6 Å². The molecule has 0 spiro atoms. The van der Waals surface area contributed by atoms with Gasteiger partial charge in [-0.2, -0.15) is 5.26 Å². The number of carbonyl (C=O) groups is 3. The fourth-order valence-electron chi connectivity index (χ4n) is 5.04. The average molecular weight is 645 g/mol. The molecule has 0 aliphatic rings. The number of methoxy groups -OCH3 is 1. The van der Waals surface area contributed by atoms with Crippen LogP contribution in [0.2, 0.25) is 0 Å². The van der Waals surface area contributed by atoms with E-state index < -0.39 is 35.3 Å². The van der Waals surface area contributed by atoms with Crippen molar-refractivity contribution in [3.8, 4) is 34.2 Å². The zero-order chi connectivity index (χ0) is 34.3. The Kier molecular flexibility index (Phi) is 10.5. The summed E-state index contributed by atoms with van der Waals surface area (Å²) in [6.07, 6.45) is 0.0416. The third-order valence-corrected chi connectivity index (χ3v) is 6.88. The molecule has 0 aliphatic carbocycles. The minimum absolute atomic E-state index is 0.0116. The number of rotatable bonds is 11. The molecular formula is C33H33FN6O7. The third kappa shape index (κ3) is 8.27. The van der Waals surface area contributed by atoms with Gasteiger partial charge in [-0.1, -0.05) is 17.3 Å². The van der Waals surface area contributed by atoms with E-state index in [-0.39, 0.29) is 41.8 Å². The Hall–Kier alpha value is -5.81. The number of anilines is 2. The van der Waals surface area contributed by atoms with Gasteiger partial charge in [0.25, 0.3) is 5.91 Å². The van der Waals surface area contributed by atoms with E-state index in [1.54, 1.807) is 58.0 Å². The predicted molar refractivity (Wildman–Crippen MR) is 169 cm³/mol. The summed E-state index contributed by atoms with van der Waals surface area (Å²) in [5, 5.41) is 28.9. The number of nitriles is 1. The Morgan fingerprint density at radius 1 is 1.11 bits per heavy atom. The quantitative estimate of drug-likeness (QED) is 0.160. The Balaban J connectivity index is 1.76. The highest BCUT2D eigenvalue weighted by molar-refractivity contribution is 6.03. The summed E-state index contributed by atoms with van der Waals surface area (Å²) < 4.78 is 29.7. The summed E-state index contributed by atoms with van der Waals surface area (Å²) in [6, 6.07) is 14.8. The normalized spacial score (nSPS) is 11.7. The van der Waals surface area contributed by atoms with E-state index in [9.17, 15) is 29.1 Å². The molecule has 0 saturated heterocycles. The Morgan fingerprint density at radius 2 is 1.87 bits per heavy atom. The molecule has 0 bridgehead atoms. The fraction of sp³-hybridized carbons (Fsp3) is 0.273. The largest absolute Gasteiger partial charge is 0.467 e. The number of nitrogens with one attached hydrogen (secondary N) is 2. The van der Waals surface area contributed by atoms with Gasteiger partial charge in [-0.25, -0.2) is 14.2 Å². The highest BCUT2D eigenvalue weighted by atomic mass is 19.1. The van der Waals surface area contributed by atoms with Crippen LogP contribution in [0.3, 0.4) is 0 Å². The first-order valence-corrected chi connectivity index (χ1v) is 14.3. The Bertz CT molecular complexity index is 1820. The lowest BCUT2D eigenvalue weighted by molar-refractivity contribution is -0.117. The maximum absolute atomic E-state index is 14.2. The van der Waals surface area contributed by atoms with Gasteiger partial charge in [-0.15, -0.1) is 0 Å². The van der Waals surface area contributed by atoms with Crippen LogP contribution in [0.15, 0.2) is 65.3 Å². The zero-order valence-electron chi connectivity index (χ0n) is 26.3. The maximum atomic E-state index is 14.2. The molecule has 2 heterocycles. The van der Waals surface area contributed by atoms with Crippen molar-refractivity contribution in [3.05, 3.63) is 77.9 Å². The smallest absolute Gasteiger partial charge is 0.407 e. The van der Waals surface area contributed by atoms with Crippen LogP contribution in [0.5, 0.6) is 5.75 Å². The number of hydrogen-bond donors (Lipinski definition) is 3. The van der Waals surface area contributed by atoms with Crippen molar-refractivity contribution in [2.24, 2.45) is 0 Å². The molecule has 0 fully saturated rings. The molecule has 244 valence electrons. The maximum Gasteiger partial charge on any atom is 0.407 e. The van der Waals surface area contributed by atoms with Gasteiger partial charge >= 0.3 is 6.09 Å². The first kappa shape index (κ1) is 34.1. The Morgan fingerprint density at radius 3 is 2.51 bits per heavy atom. The lowest BCUT2D eigenvalue weighted by atomic mass is 9.97. The number of pyridine rings is 1. The van der Waals surface area contributed by atoms with E-state index in [0.29, 0.717) is 22.4 Å². The molecule has 0 saturated carbocycles. The van der Waals surface area contributed by atoms with Crippen molar-refractivity contribution >= 4 is 29.4 Å². The van der Waals surface area contributed by atoms with Crippen LogP contribution in [0.4, 0.5) is 20.7 Å². The summed E-state index contributed by atoms with van der Waals surface area (Å²) in [6.45, 7) is 6.71. The number of hydrogen-bond acceptors (Lipinski definition) is 9. The van der Waals surface area contributed by atoms with Crippen LogP contribution in [-0.4, -0.2) is 63.5 Å². The summed E-state index contributed by atoms with van der Waals surface area (Å²) in [5.74, 6) is -1.86. The molecule has 3 amide bonds. The molecular weight excluding hydrogens is 611 g/mol. The van der Waals surface area contributed by atoms with E-state index in [1.165, 1.54) is 36.4 Å². The molecule has 4 aromatic rings. The van der Waals surface area contributed by atoms with Crippen LogP contribution in [-0.2, 0) is 9.53 Å². The summed E-state index contributed by atoms with van der Waals surface area (Å²) in [5.41, 5.74) is 0.982. The molecule has 4 rings (SSSR count). The molecule has 13 nitrogen and oxygen atoms in total. The van der Waals surface area contributed by atoms with Gasteiger partial charge in [-0.05, 0) is 63.6 Å². The lowest BCUT2D eigenvalue weighted by Gasteiger charge is -2.37. The van der Waals surface area contributed by atoms with Gasteiger partial charge in [-0.3, -0.25) is 9.59 Å². The van der Waals surface area contributed by atoms with Crippen molar-refractivity contribution in [2.45, 2.75) is 45.7 Å². The molecule has 0 unspecified atom stereocenters. The van der Waals surface area contributed by atoms with Crippen LogP contribution in [0.25, 0.3) is 22.4 Å². The zero-order valence-corrected chi connectivity index (χ0v) is 26.3. The molecule has 2 aromatic carbocycles. The van der Waals surface area contributed by atoms with Crippen molar-refractivity contribution in [2.75, 3.05) is 24.5 Å². The van der Waals surface area contributed by atoms with E-state index >= 15 is 0 Å². The second-order valence-electron chi connectivity index (χ2n) is 11.4. The first-order valence-electron chi connectivity index (χ1n) is 14.3. The number of nitrogens with zero attached hydrogens (tertiary/aromatic N) is 4. The van der Waals surface area contributed by atoms with Crippen molar-refractivity contribution in [1.82, 2.24) is 15.0 Å². The minimum atomic E-state index is -1.14. The highest BCUT2D eigenvalue weighted by Gasteiger charge is 2.32. The van der Waals surface area contributed by atoms with E-state index in [2.05, 4.69) is 26.8 Å². The first-order chi connectivity index (χ1) is 22.3. The minimum Gasteiger partial charge on any atom is -0.467 e. The number of halogens is 1. The van der Waals surface area contributed by atoms with Crippen LogP contribution >= 0.6 is 0 Å². The van der Waals surface area contributed by atoms with Crippen LogP contribution < -0.4 is 15.4 Å². The van der Waals surface area contributed by atoms with E-state index in [0.717, 1.165) is 6.07 Å².